The van der Waals surface area contributed by atoms with E-state index < -0.39 is 15.1 Å². The van der Waals surface area contributed by atoms with Crippen molar-refractivity contribution in [2.24, 2.45) is 4.99 Å². The second-order valence-electron chi connectivity index (χ2n) is 7.81. The van der Waals surface area contributed by atoms with Crippen molar-refractivity contribution in [1.29, 1.82) is 0 Å². The summed E-state index contributed by atoms with van der Waals surface area (Å²) in [5.41, 5.74) is 1.12. The van der Waals surface area contributed by atoms with Crippen LogP contribution in [-0.2, 0) is 9.84 Å². The normalized spacial score (nSPS) is 13.3. The topological polar surface area (TPSA) is 66.7 Å². The monoisotopic (exact) mass is 429 g/mol. The van der Waals surface area contributed by atoms with E-state index in [0.29, 0.717) is 24.1 Å². The van der Waals surface area contributed by atoms with Gasteiger partial charge in [-0.05, 0) is 37.1 Å². The summed E-state index contributed by atoms with van der Waals surface area (Å²) in [6.45, 7) is 4.23. The first-order valence-corrected chi connectivity index (χ1v) is 12.7. The molecule has 0 aliphatic rings. The summed E-state index contributed by atoms with van der Waals surface area (Å²) in [5.74, 6) is 0.130. The minimum absolute atomic E-state index is 0.123. The Bertz CT molecular complexity index is 874. The minimum Gasteiger partial charge on any atom is -0.508 e. The molecule has 0 aromatic heterocycles. The molecule has 0 bridgehead atoms. The van der Waals surface area contributed by atoms with Gasteiger partial charge in [0.2, 0.25) is 0 Å². The Hall–Kier alpha value is -2.14. The number of aromatic hydroxyl groups is 1. The van der Waals surface area contributed by atoms with E-state index in [4.69, 9.17) is 0 Å². The van der Waals surface area contributed by atoms with Gasteiger partial charge in [0.05, 0.1) is 10.9 Å². The van der Waals surface area contributed by atoms with E-state index in [1.54, 1.807) is 24.3 Å². The van der Waals surface area contributed by atoms with Gasteiger partial charge in [0.1, 0.15) is 5.75 Å². The molecule has 1 atom stereocenters. The number of rotatable bonds is 12. The second kappa shape index (κ2) is 12.5. The fourth-order valence-corrected chi connectivity index (χ4v) is 5.64. The molecule has 0 amide bonds. The van der Waals surface area contributed by atoms with Gasteiger partial charge in [0.15, 0.2) is 14.9 Å². The quantitative estimate of drug-likeness (QED) is 0.229. The third kappa shape index (κ3) is 7.28. The number of hydrogen-bond acceptors (Lipinski definition) is 4. The van der Waals surface area contributed by atoms with Crippen LogP contribution in [0.5, 0.6) is 5.75 Å². The van der Waals surface area contributed by atoms with E-state index in [1.807, 2.05) is 25.1 Å². The van der Waals surface area contributed by atoms with Gasteiger partial charge in [-0.25, -0.2) is 13.4 Å². The van der Waals surface area contributed by atoms with Crippen LogP contribution >= 0.6 is 0 Å². The number of aliphatic imine (C=N–C) groups is 1. The zero-order valence-corrected chi connectivity index (χ0v) is 19.1. The van der Waals surface area contributed by atoms with Gasteiger partial charge >= 0.3 is 0 Å². The Morgan fingerprint density at radius 1 is 0.833 bits per heavy atom. The molecule has 0 saturated carbocycles. The maximum Gasteiger partial charge on any atom is 0.199 e. The van der Waals surface area contributed by atoms with Crippen molar-refractivity contribution in [3.8, 4) is 5.75 Å². The second-order valence-corrected chi connectivity index (χ2v) is 9.95. The summed E-state index contributed by atoms with van der Waals surface area (Å²) in [5, 5.41) is 9.23. The molecule has 1 unspecified atom stereocenters. The van der Waals surface area contributed by atoms with E-state index in [1.165, 1.54) is 37.8 Å². The molecule has 0 fully saturated rings. The van der Waals surface area contributed by atoms with Gasteiger partial charge in [-0.15, -0.1) is 0 Å². The maximum absolute atomic E-state index is 13.7. The van der Waals surface area contributed by atoms with E-state index in [0.717, 1.165) is 19.3 Å². The Balaban J connectivity index is 2.30. The predicted octanol–water partition coefficient (Wildman–Crippen LogP) is 6.80. The van der Waals surface area contributed by atoms with Crippen molar-refractivity contribution in [3.05, 3.63) is 60.2 Å². The van der Waals surface area contributed by atoms with Crippen LogP contribution in [0.2, 0.25) is 0 Å². The number of phenols is 1. The van der Waals surface area contributed by atoms with E-state index >= 15 is 0 Å². The van der Waals surface area contributed by atoms with Gasteiger partial charge in [-0.3, -0.25) is 0 Å². The highest BCUT2D eigenvalue weighted by atomic mass is 32.2. The lowest BCUT2D eigenvalue weighted by Crippen LogP contribution is -2.29. The number of unbranched alkanes of at least 4 members (excludes halogenated alkanes) is 5. The SMILES string of the molecule is CCCCCCCCC(CCC)S(=O)(=O)C(=Nc1ccc(O)cc1)c1ccccc1. The molecule has 0 heterocycles. The van der Waals surface area contributed by atoms with Crippen LogP contribution in [0, 0.1) is 0 Å². The summed E-state index contributed by atoms with van der Waals surface area (Å²) in [7, 11) is -3.60. The van der Waals surface area contributed by atoms with E-state index in [2.05, 4.69) is 11.9 Å². The van der Waals surface area contributed by atoms with Crippen LogP contribution in [0.25, 0.3) is 0 Å². The average molecular weight is 430 g/mol. The minimum atomic E-state index is -3.60. The van der Waals surface area contributed by atoms with Crippen molar-refractivity contribution >= 4 is 20.6 Å². The number of nitrogens with zero attached hydrogens (tertiary/aromatic N) is 1. The molecule has 0 radical (unpaired) electrons. The van der Waals surface area contributed by atoms with E-state index in [9.17, 15) is 13.5 Å². The van der Waals surface area contributed by atoms with E-state index in [-0.39, 0.29) is 10.8 Å². The predicted molar refractivity (Wildman–Crippen MR) is 126 cm³/mol. The van der Waals surface area contributed by atoms with Crippen molar-refractivity contribution in [1.82, 2.24) is 0 Å². The van der Waals surface area contributed by atoms with Crippen LogP contribution in [-0.4, -0.2) is 23.8 Å². The first-order chi connectivity index (χ1) is 14.5. The molecule has 0 saturated heterocycles. The van der Waals surface area contributed by atoms with Crippen molar-refractivity contribution in [2.75, 3.05) is 0 Å². The fraction of sp³-hybridized carbons (Fsp3) is 0.480. The summed E-state index contributed by atoms with van der Waals surface area (Å²) in [6, 6.07) is 15.4. The lowest BCUT2D eigenvalue weighted by Gasteiger charge is -2.19. The Morgan fingerprint density at radius 2 is 1.47 bits per heavy atom. The van der Waals surface area contributed by atoms with Gasteiger partial charge < -0.3 is 5.11 Å². The molecule has 164 valence electrons. The van der Waals surface area contributed by atoms with Crippen LogP contribution in [0.1, 0.15) is 77.2 Å². The molecule has 2 aromatic rings. The number of phenolic OH excluding ortho intramolecular Hbond substituents is 1. The average Bonchev–Trinajstić information content (AvgIpc) is 2.75. The molecular formula is C25H35NO3S. The summed E-state index contributed by atoms with van der Waals surface area (Å²) < 4.78 is 27.4. The third-order valence-electron chi connectivity index (χ3n) is 5.30. The molecule has 5 heteroatoms. The Kier molecular flexibility index (Phi) is 10.1. The highest BCUT2D eigenvalue weighted by Crippen LogP contribution is 2.25. The molecule has 0 aliphatic carbocycles. The van der Waals surface area contributed by atoms with Crippen molar-refractivity contribution in [2.45, 2.75) is 76.9 Å². The molecule has 1 N–H and O–H groups in total. The highest BCUT2D eigenvalue weighted by Gasteiger charge is 2.31. The maximum atomic E-state index is 13.7. The van der Waals surface area contributed by atoms with Gasteiger partial charge in [0.25, 0.3) is 0 Å². The number of benzene rings is 2. The standard InChI is InChI=1S/C25H35NO3S/c1-3-5-6-7-8-12-16-24(13-4-2)30(28,29)25(21-14-10-9-11-15-21)26-22-17-19-23(27)20-18-22/h9-11,14-15,17-20,24,27H,3-8,12-13,16H2,1-2H3. The van der Waals surface area contributed by atoms with Crippen LogP contribution < -0.4 is 0 Å². The molecule has 0 aliphatic heterocycles. The summed E-state index contributed by atoms with van der Waals surface area (Å²) >= 11 is 0. The molecule has 2 aromatic carbocycles. The molecule has 4 nitrogen and oxygen atoms in total. The first kappa shape index (κ1) is 24.1. The fourth-order valence-electron chi connectivity index (χ4n) is 3.60. The summed E-state index contributed by atoms with van der Waals surface area (Å²) in [4.78, 5) is 4.53. The summed E-state index contributed by atoms with van der Waals surface area (Å²) in [6.07, 6.45) is 8.97. The molecular weight excluding hydrogens is 394 g/mol. The van der Waals surface area contributed by atoms with Crippen LogP contribution in [0.15, 0.2) is 59.6 Å². The van der Waals surface area contributed by atoms with Gasteiger partial charge in [-0.1, -0.05) is 89.1 Å². The zero-order chi connectivity index (χ0) is 21.8. The first-order valence-electron chi connectivity index (χ1n) is 11.2. The third-order valence-corrected chi connectivity index (χ3v) is 7.51. The van der Waals surface area contributed by atoms with Crippen LogP contribution in [0.3, 0.4) is 0 Å². The van der Waals surface area contributed by atoms with Crippen molar-refractivity contribution < 1.29 is 13.5 Å². The lowest BCUT2D eigenvalue weighted by atomic mass is 10.1. The van der Waals surface area contributed by atoms with Gasteiger partial charge in [-0.2, -0.15) is 0 Å². The highest BCUT2D eigenvalue weighted by molar-refractivity contribution is 8.07. The molecule has 2 rings (SSSR count). The lowest BCUT2D eigenvalue weighted by molar-refractivity contribution is 0.475. The number of sulfone groups is 1. The number of hydrogen-bond donors (Lipinski definition) is 1. The smallest absolute Gasteiger partial charge is 0.199 e. The Morgan fingerprint density at radius 3 is 2.10 bits per heavy atom. The van der Waals surface area contributed by atoms with Gasteiger partial charge in [0, 0.05) is 5.56 Å². The van der Waals surface area contributed by atoms with Crippen LogP contribution in [0.4, 0.5) is 5.69 Å². The molecule has 0 spiro atoms. The Labute approximate surface area is 182 Å². The molecule has 30 heavy (non-hydrogen) atoms. The largest absolute Gasteiger partial charge is 0.508 e. The van der Waals surface area contributed by atoms with Crippen molar-refractivity contribution in [3.63, 3.8) is 0 Å². The zero-order valence-electron chi connectivity index (χ0n) is 18.3.